The van der Waals surface area contributed by atoms with E-state index >= 15 is 0 Å². The second-order valence-corrected chi connectivity index (χ2v) is 2.26. The van der Waals surface area contributed by atoms with Crippen LogP contribution in [-0.2, 0) is 0 Å². The van der Waals surface area contributed by atoms with Gasteiger partial charge < -0.3 is 0 Å². The first-order valence-corrected chi connectivity index (χ1v) is 3.86. The Labute approximate surface area is 59.0 Å². The Morgan fingerprint density at radius 1 is 1.22 bits per heavy atom. The van der Waals surface area contributed by atoms with Gasteiger partial charge in [-0.2, -0.15) is 0 Å². The molecule has 0 aromatic heterocycles. The van der Waals surface area contributed by atoms with E-state index in [4.69, 9.17) is 0 Å². The Kier molecular flexibility index (Phi) is 7.52. The van der Waals surface area contributed by atoms with E-state index in [0.29, 0.717) is 0 Å². The molecule has 0 saturated carbocycles. The van der Waals surface area contributed by atoms with Crippen molar-refractivity contribution in [2.45, 2.75) is 39.0 Å². The monoisotopic (exact) mass is 125 g/mol. The van der Waals surface area contributed by atoms with Crippen LogP contribution in [0.2, 0.25) is 0 Å². The molecule has 0 saturated heterocycles. The third-order valence-electron chi connectivity index (χ3n) is 1.31. The molecule has 53 valence electrons. The van der Waals surface area contributed by atoms with Gasteiger partial charge in [-0.3, -0.25) is 0 Å². The molecule has 0 amide bonds. The maximum absolute atomic E-state index is 3.72. The molecule has 0 atom stereocenters. The van der Waals surface area contributed by atoms with E-state index in [-0.39, 0.29) is 0 Å². The molecule has 0 N–H and O–H groups in total. The zero-order valence-electron chi connectivity index (χ0n) is 6.40. The molecule has 9 heavy (non-hydrogen) atoms. The molecule has 0 aliphatic rings. The second-order valence-electron chi connectivity index (χ2n) is 2.26. The lowest BCUT2D eigenvalue weighted by atomic mass is 10.2. The molecule has 0 heteroatoms. The van der Waals surface area contributed by atoms with Crippen molar-refractivity contribution in [3.63, 3.8) is 0 Å². The third kappa shape index (κ3) is 7.74. The first kappa shape index (κ1) is 8.74. The molecule has 0 rings (SSSR count). The predicted octanol–water partition coefficient (Wildman–Crippen LogP) is 3.35. The van der Waals surface area contributed by atoms with Gasteiger partial charge in [-0.15, -0.1) is 0 Å². The minimum absolute atomic E-state index is 0.937. The molecule has 0 aliphatic carbocycles. The van der Waals surface area contributed by atoms with Crippen LogP contribution >= 0.6 is 0 Å². The van der Waals surface area contributed by atoms with Crippen LogP contribution in [0.5, 0.6) is 0 Å². The van der Waals surface area contributed by atoms with E-state index in [2.05, 4.69) is 26.0 Å². The summed E-state index contributed by atoms with van der Waals surface area (Å²) >= 11 is 0. The molecule has 0 spiro atoms. The van der Waals surface area contributed by atoms with E-state index in [1.165, 1.54) is 25.7 Å². The van der Waals surface area contributed by atoms with Crippen molar-refractivity contribution in [2.75, 3.05) is 0 Å². The summed E-state index contributed by atoms with van der Waals surface area (Å²) in [7, 11) is 0. The summed E-state index contributed by atoms with van der Waals surface area (Å²) in [6, 6.07) is 0. The number of rotatable bonds is 5. The van der Waals surface area contributed by atoms with Gasteiger partial charge in [-0.05, 0) is 26.2 Å². The van der Waals surface area contributed by atoms with Gasteiger partial charge in [-0.25, -0.2) is 0 Å². The average Bonchev–Trinajstić information content (AvgIpc) is 1.89. The third-order valence-corrected chi connectivity index (χ3v) is 1.31. The second kappa shape index (κ2) is 7.74. The molecule has 0 aromatic rings. The van der Waals surface area contributed by atoms with Crippen molar-refractivity contribution in [2.24, 2.45) is 0 Å². The Morgan fingerprint density at radius 3 is 2.56 bits per heavy atom. The summed E-state index contributed by atoms with van der Waals surface area (Å²) in [5, 5.41) is 0. The highest BCUT2D eigenvalue weighted by molar-refractivity contribution is 4.81. The van der Waals surface area contributed by atoms with Crippen molar-refractivity contribution in [1.29, 1.82) is 0 Å². The first-order valence-electron chi connectivity index (χ1n) is 3.86. The molecule has 1 radical (unpaired) electrons. The SMILES string of the molecule is [CH2]C/C=C\CCCCC. The van der Waals surface area contributed by atoms with Crippen molar-refractivity contribution in [1.82, 2.24) is 0 Å². The van der Waals surface area contributed by atoms with E-state index in [1.807, 2.05) is 0 Å². The maximum atomic E-state index is 3.72. The molecule has 0 fully saturated rings. The van der Waals surface area contributed by atoms with Crippen molar-refractivity contribution >= 4 is 0 Å². The fraction of sp³-hybridized carbons (Fsp3) is 0.667. The minimum atomic E-state index is 0.937. The summed E-state index contributed by atoms with van der Waals surface area (Å²) in [5.41, 5.74) is 0. The fourth-order valence-electron chi connectivity index (χ4n) is 0.748. The van der Waals surface area contributed by atoms with Crippen LogP contribution in [0, 0.1) is 6.92 Å². The van der Waals surface area contributed by atoms with Gasteiger partial charge >= 0.3 is 0 Å². The highest BCUT2D eigenvalue weighted by atomic mass is 13.9. The normalized spacial score (nSPS) is 10.9. The summed E-state index contributed by atoms with van der Waals surface area (Å²) in [5.74, 6) is 0. The van der Waals surface area contributed by atoms with E-state index in [0.717, 1.165) is 6.42 Å². The average molecular weight is 125 g/mol. The zero-order chi connectivity index (χ0) is 6.95. The molecule has 0 nitrogen and oxygen atoms in total. The standard InChI is InChI=1S/C9H17/c1-3-5-7-9-8-6-4-2/h5,7H,1,3-4,6,8-9H2,2H3/b7-5-. The van der Waals surface area contributed by atoms with E-state index in [1.54, 1.807) is 0 Å². The van der Waals surface area contributed by atoms with Crippen LogP contribution in [-0.4, -0.2) is 0 Å². The summed E-state index contributed by atoms with van der Waals surface area (Å²) in [6.07, 6.45) is 10.6. The number of unbranched alkanes of at least 4 members (excludes halogenated alkanes) is 3. The van der Waals surface area contributed by atoms with Crippen LogP contribution in [0.3, 0.4) is 0 Å². The Hall–Kier alpha value is -0.260. The largest absolute Gasteiger partial charge is 0.0885 e. The lowest BCUT2D eigenvalue weighted by Crippen LogP contribution is -1.69. The zero-order valence-corrected chi connectivity index (χ0v) is 6.40. The topological polar surface area (TPSA) is 0 Å². The first-order chi connectivity index (χ1) is 4.41. The maximum Gasteiger partial charge on any atom is -0.0351 e. The minimum Gasteiger partial charge on any atom is -0.0885 e. The molecule has 0 aliphatic heterocycles. The van der Waals surface area contributed by atoms with Crippen LogP contribution in [0.15, 0.2) is 12.2 Å². The van der Waals surface area contributed by atoms with Crippen molar-refractivity contribution in [3.8, 4) is 0 Å². The highest BCUT2D eigenvalue weighted by Crippen LogP contribution is 1.99. The Morgan fingerprint density at radius 2 is 2.00 bits per heavy atom. The molecular formula is C9H17. The van der Waals surface area contributed by atoms with Gasteiger partial charge in [0.25, 0.3) is 0 Å². The predicted molar refractivity (Wildman–Crippen MR) is 43.3 cm³/mol. The van der Waals surface area contributed by atoms with Crippen LogP contribution in [0.1, 0.15) is 39.0 Å². The molecular weight excluding hydrogens is 108 g/mol. The van der Waals surface area contributed by atoms with Crippen LogP contribution in [0.25, 0.3) is 0 Å². The van der Waals surface area contributed by atoms with Crippen molar-refractivity contribution in [3.05, 3.63) is 19.1 Å². The van der Waals surface area contributed by atoms with E-state index < -0.39 is 0 Å². The Bertz CT molecular complexity index is 62.4. The fourth-order valence-corrected chi connectivity index (χ4v) is 0.748. The van der Waals surface area contributed by atoms with Gasteiger partial charge in [0.1, 0.15) is 0 Å². The highest BCUT2D eigenvalue weighted by Gasteiger charge is 1.79. The Balaban J connectivity index is 2.82. The van der Waals surface area contributed by atoms with Crippen LogP contribution in [0.4, 0.5) is 0 Å². The molecule has 0 heterocycles. The molecule has 0 unspecified atom stereocenters. The van der Waals surface area contributed by atoms with Gasteiger partial charge in [0.2, 0.25) is 0 Å². The van der Waals surface area contributed by atoms with Gasteiger partial charge in [0.05, 0.1) is 0 Å². The quantitative estimate of drug-likeness (QED) is 0.390. The summed E-state index contributed by atoms with van der Waals surface area (Å²) in [6.45, 7) is 5.94. The summed E-state index contributed by atoms with van der Waals surface area (Å²) in [4.78, 5) is 0. The summed E-state index contributed by atoms with van der Waals surface area (Å²) < 4.78 is 0. The smallest absolute Gasteiger partial charge is 0.0351 e. The molecule has 0 bridgehead atoms. The lowest BCUT2D eigenvalue weighted by molar-refractivity contribution is 0.728. The number of hydrogen-bond donors (Lipinski definition) is 0. The van der Waals surface area contributed by atoms with Gasteiger partial charge in [0.15, 0.2) is 0 Å². The van der Waals surface area contributed by atoms with E-state index in [9.17, 15) is 0 Å². The number of allylic oxidation sites excluding steroid dienone is 2. The van der Waals surface area contributed by atoms with Crippen molar-refractivity contribution < 1.29 is 0 Å². The van der Waals surface area contributed by atoms with Gasteiger partial charge in [0, 0.05) is 0 Å². The lowest BCUT2D eigenvalue weighted by Gasteiger charge is -1.89. The van der Waals surface area contributed by atoms with Crippen LogP contribution < -0.4 is 0 Å². The molecule has 0 aromatic carbocycles. The number of hydrogen-bond acceptors (Lipinski definition) is 0. The van der Waals surface area contributed by atoms with Gasteiger partial charge in [-0.1, -0.05) is 31.9 Å².